The van der Waals surface area contributed by atoms with Gasteiger partial charge in [0.25, 0.3) is 0 Å². The molecule has 0 bridgehead atoms. The normalized spacial score (nSPS) is 15.9. The van der Waals surface area contributed by atoms with Gasteiger partial charge < -0.3 is 4.42 Å². The predicted octanol–water partition coefficient (Wildman–Crippen LogP) is 1.18. The zero-order chi connectivity index (χ0) is 15.0. The molecule has 0 saturated heterocycles. The van der Waals surface area contributed by atoms with E-state index in [1.807, 2.05) is 13.1 Å². The quantitative estimate of drug-likeness (QED) is 0.850. The summed E-state index contributed by atoms with van der Waals surface area (Å²) in [7, 11) is -4.28. The van der Waals surface area contributed by atoms with Crippen LogP contribution in [0.3, 0.4) is 0 Å². The van der Waals surface area contributed by atoms with Crippen molar-refractivity contribution in [2.45, 2.75) is 31.5 Å². The molecule has 0 unspecified atom stereocenters. The third kappa shape index (κ3) is 3.12. The lowest BCUT2D eigenvalue weighted by atomic mass is 10.1. The van der Waals surface area contributed by atoms with Crippen molar-refractivity contribution >= 4 is 10.1 Å². The van der Waals surface area contributed by atoms with Crippen LogP contribution in [0.1, 0.15) is 22.8 Å². The first-order valence-electron chi connectivity index (χ1n) is 6.52. The molecule has 1 aliphatic heterocycles. The maximum atomic E-state index is 11.0. The van der Waals surface area contributed by atoms with Crippen molar-refractivity contribution in [2.24, 2.45) is 0 Å². The van der Waals surface area contributed by atoms with Gasteiger partial charge in [-0.25, -0.2) is 9.97 Å². The molecule has 0 amide bonds. The summed E-state index contributed by atoms with van der Waals surface area (Å²) in [5.41, 5.74) is 2.14. The van der Waals surface area contributed by atoms with Gasteiger partial charge in [-0.05, 0) is 19.1 Å². The molecule has 2 aromatic heterocycles. The number of hydrogen-bond donors (Lipinski definition) is 1. The molecule has 112 valence electrons. The van der Waals surface area contributed by atoms with Gasteiger partial charge in [0.15, 0.2) is 0 Å². The van der Waals surface area contributed by atoms with Crippen molar-refractivity contribution in [1.82, 2.24) is 14.9 Å². The number of nitrogens with zero attached hydrogens (tertiary/aromatic N) is 3. The summed E-state index contributed by atoms with van der Waals surface area (Å²) in [6, 6.07) is 2.82. The van der Waals surface area contributed by atoms with Gasteiger partial charge in [0.05, 0.1) is 6.54 Å². The molecule has 0 saturated carbocycles. The van der Waals surface area contributed by atoms with Crippen LogP contribution in [0.15, 0.2) is 27.8 Å². The zero-order valence-corrected chi connectivity index (χ0v) is 12.3. The minimum Gasteiger partial charge on any atom is -0.446 e. The van der Waals surface area contributed by atoms with Gasteiger partial charge in [-0.15, -0.1) is 0 Å². The van der Waals surface area contributed by atoms with E-state index in [0.29, 0.717) is 18.8 Å². The molecule has 0 atom stereocenters. The number of fused-ring (bicyclic) bond motifs is 1. The molecule has 8 heteroatoms. The Balaban J connectivity index is 1.73. The number of furan rings is 1. The van der Waals surface area contributed by atoms with E-state index in [1.165, 1.54) is 6.07 Å². The molecule has 1 aliphatic rings. The summed E-state index contributed by atoms with van der Waals surface area (Å²) >= 11 is 0. The lowest BCUT2D eigenvalue weighted by molar-refractivity contribution is 0.216. The largest absolute Gasteiger partial charge is 0.446 e. The Bertz CT molecular complexity index is 769. The van der Waals surface area contributed by atoms with Crippen molar-refractivity contribution in [1.29, 1.82) is 0 Å². The molecule has 0 aromatic carbocycles. The van der Waals surface area contributed by atoms with Crippen LogP contribution >= 0.6 is 0 Å². The zero-order valence-electron chi connectivity index (χ0n) is 11.5. The van der Waals surface area contributed by atoms with Crippen molar-refractivity contribution < 1.29 is 17.4 Å². The second-order valence-electron chi connectivity index (χ2n) is 5.05. The van der Waals surface area contributed by atoms with E-state index in [2.05, 4.69) is 14.9 Å². The maximum Gasteiger partial charge on any atom is 0.328 e. The minimum atomic E-state index is -4.28. The van der Waals surface area contributed by atoms with Crippen LogP contribution in [0, 0.1) is 6.92 Å². The fourth-order valence-electron chi connectivity index (χ4n) is 2.41. The fraction of sp³-hybridized carbons (Fsp3) is 0.385. The van der Waals surface area contributed by atoms with Gasteiger partial charge in [-0.1, -0.05) is 0 Å². The highest BCUT2D eigenvalue weighted by molar-refractivity contribution is 7.85. The summed E-state index contributed by atoms with van der Waals surface area (Å²) in [5.74, 6) is 1.27. The predicted molar refractivity (Wildman–Crippen MR) is 73.1 cm³/mol. The van der Waals surface area contributed by atoms with Gasteiger partial charge in [0, 0.05) is 37.0 Å². The lowest BCUT2D eigenvalue weighted by Crippen LogP contribution is -2.30. The Morgan fingerprint density at radius 3 is 2.95 bits per heavy atom. The first kappa shape index (κ1) is 14.2. The molecular weight excluding hydrogens is 294 g/mol. The summed E-state index contributed by atoms with van der Waals surface area (Å²) in [5, 5.41) is -0.422. The summed E-state index contributed by atoms with van der Waals surface area (Å²) in [6.07, 6.45) is 2.65. The maximum absolute atomic E-state index is 11.0. The third-order valence-electron chi connectivity index (χ3n) is 3.40. The van der Waals surface area contributed by atoms with Gasteiger partial charge >= 0.3 is 10.1 Å². The number of aromatic nitrogens is 2. The monoisotopic (exact) mass is 309 g/mol. The van der Waals surface area contributed by atoms with Gasteiger partial charge in [-0.2, -0.15) is 8.42 Å². The van der Waals surface area contributed by atoms with E-state index in [0.717, 1.165) is 30.0 Å². The van der Waals surface area contributed by atoms with Crippen molar-refractivity contribution in [3.63, 3.8) is 0 Å². The Kier molecular flexibility index (Phi) is 3.52. The Hall–Kier alpha value is -1.77. The summed E-state index contributed by atoms with van der Waals surface area (Å²) in [4.78, 5) is 10.7. The van der Waals surface area contributed by atoms with Crippen LogP contribution in [0.4, 0.5) is 0 Å². The fourth-order valence-corrected chi connectivity index (χ4v) is 2.86. The van der Waals surface area contributed by atoms with E-state index >= 15 is 0 Å². The highest BCUT2D eigenvalue weighted by atomic mass is 32.2. The average molecular weight is 309 g/mol. The number of hydrogen-bond acceptors (Lipinski definition) is 6. The van der Waals surface area contributed by atoms with Crippen LogP contribution in [0.25, 0.3) is 0 Å². The van der Waals surface area contributed by atoms with Crippen LogP contribution in [0.5, 0.6) is 0 Å². The Morgan fingerprint density at radius 2 is 2.24 bits per heavy atom. The smallest absolute Gasteiger partial charge is 0.328 e. The molecule has 0 spiro atoms. The van der Waals surface area contributed by atoms with E-state index in [1.54, 1.807) is 6.07 Å². The van der Waals surface area contributed by atoms with Gasteiger partial charge in [-0.3, -0.25) is 9.45 Å². The number of aryl methyl sites for hydroxylation is 1. The third-order valence-corrected chi connectivity index (χ3v) is 4.13. The molecule has 21 heavy (non-hydrogen) atoms. The van der Waals surface area contributed by atoms with Crippen LogP contribution in [-0.4, -0.2) is 34.4 Å². The Labute approximate surface area is 122 Å². The van der Waals surface area contributed by atoms with Crippen LogP contribution in [0.2, 0.25) is 0 Å². The molecule has 0 aliphatic carbocycles. The molecule has 2 aromatic rings. The van der Waals surface area contributed by atoms with E-state index < -0.39 is 15.2 Å². The van der Waals surface area contributed by atoms with Crippen molar-refractivity contribution in [2.75, 3.05) is 6.54 Å². The minimum absolute atomic E-state index is 0.422. The summed E-state index contributed by atoms with van der Waals surface area (Å²) < 4.78 is 36.0. The first-order chi connectivity index (χ1) is 9.91. The first-order valence-corrected chi connectivity index (χ1v) is 7.96. The molecule has 1 N–H and O–H groups in total. The molecule has 3 heterocycles. The Morgan fingerprint density at radius 1 is 1.43 bits per heavy atom. The van der Waals surface area contributed by atoms with Crippen LogP contribution in [-0.2, 0) is 29.6 Å². The summed E-state index contributed by atoms with van der Waals surface area (Å²) in [6.45, 7) is 3.85. The van der Waals surface area contributed by atoms with Gasteiger partial charge in [0.1, 0.15) is 11.6 Å². The molecule has 0 fully saturated rings. The van der Waals surface area contributed by atoms with Crippen LogP contribution < -0.4 is 0 Å². The molecular formula is C13H15N3O4S. The van der Waals surface area contributed by atoms with Crippen molar-refractivity contribution in [3.8, 4) is 0 Å². The van der Waals surface area contributed by atoms with E-state index in [9.17, 15) is 8.42 Å². The molecule has 0 radical (unpaired) electrons. The van der Waals surface area contributed by atoms with E-state index in [4.69, 9.17) is 8.97 Å². The number of rotatable bonds is 3. The second kappa shape index (κ2) is 5.21. The molecule has 3 rings (SSSR count). The average Bonchev–Trinajstić information content (AvgIpc) is 2.87. The standard InChI is InChI=1S/C13H15N3O4S/c1-9-14-6-10-7-16(5-4-12(10)15-9)8-11-2-3-13(20-11)21(17,18)19/h2-3,6H,4-5,7-8H2,1H3,(H,17,18,19). The SMILES string of the molecule is Cc1ncc2c(n1)CCN(Cc1ccc(S(=O)(=O)O)o1)C2. The topological polar surface area (TPSA) is 96.5 Å². The van der Waals surface area contributed by atoms with Gasteiger partial charge in [0.2, 0.25) is 5.09 Å². The highest BCUT2D eigenvalue weighted by Crippen LogP contribution is 2.20. The van der Waals surface area contributed by atoms with Crippen molar-refractivity contribution in [3.05, 3.63) is 41.2 Å². The second-order valence-corrected chi connectivity index (χ2v) is 6.40. The highest BCUT2D eigenvalue weighted by Gasteiger charge is 2.20. The lowest BCUT2D eigenvalue weighted by Gasteiger charge is -2.27. The van der Waals surface area contributed by atoms with E-state index in [-0.39, 0.29) is 0 Å². The molecule has 7 nitrogen and oxygen atoms in total.